The molecule has 0 radical (unpaired) electrons. The molecule has 0 atom stereocenters. The Morgan fingerprint density at radius 1 is 1.21 bits per heavy atom. The number of halogens is 4. The fraction of sp³-hybridized carbons (Fsp3) is 0.125. The van der Waals surface area contributed by atoms with Gasteiger partial charge in [-0.2, -0.15) is 9.78 Å². The quantitative estimate of drug-likeness (QED) is 0.714. The molecule has 2 aromatic rings. The molecule has 2 nitrogen and oxygen atoms in total. The number of hydrogen-bond donors (Lipinski definition) is 0. The third kappa shape index (κ3) is 1.39. The van der Waals surface area contributed by atoms with Crippen LogP contribution in [-0.4, -0.2) is 9.78 Å². The van der Waals surface area contributed by atoms with Gasteiger partial charge in [0.1, 0.15) is 4.60 Å². The Morgan fingerprint density at radius 3 is 2.50 bits per heavy atom. The molecule has 14 heavy (non-hydrogen) atoms. The number of rotatable bonds is 0. The van der Waals surface area contributed by atoms with Crippen molar-refractivity contribution >= 4 is 26.8 Å². The number of para-hydroxylation sites is 1. The molecule has 0 aliphatic heterocycles. The molecular formula is C8H4BrF3N2. The maximum atomic E-state index is 12.4. The summed E-state index contributed by atoms with van der Waals surface area (Å²) in [7, 11) is 0. The summed E-state index contributed by atoms with van der Waals surface area (Å²) >= 11 is 2.98. The van der Waals surface area contributed by atoms with E-state index in [4.69, 9.17) is 0 Å². The van der Waals surface area contributed by atoms with Gasteiger partial charge in [-0.1, -0.05) is 18.2 Å². The van der Waals surface area contributed by atoms with Gasteiger partial charge in [0.05, 0.1) is 5.52 Å². The topological polar surface area (TPSA) is 17.8 Å². The number of nitrogens with zero attached hydrogens (tertiary/aromatic N) is 2. The van der Waals surface area contributed by atoms with Gasteiger partial charge in [0.2, 0.25) is 0 Å². The largest absolute Gasteiger partial charge is 0.505 e. The van der Waals surface area contributed by atoms with E-state index in [0.29, 0.717) is 5.39 Å². The first-order chi connectivity index (χ1) is 6.50. The van der Waals surface area contributed by atoms with E-state index in [-0.39, 0.29) is 14.8 Å². The first kappa shape index (κ1) is 9.51. The van der Waals surface area contributed by atoms with Crippen LogP contribution in [0.2, 0.25) is 0 Å². The summed E-state index contributed by atoms with van der Waals surface area (Å²) in [5, 5.41) is 3.82. The molecule has 0 amide bonds. The van der Waals surface area contributed by atoms with Crippen LogP contribution in [0.3, 0.4) is 0 Å². The highest BCUT2D eigenvalue weighted by molar-refractivity contribution is 9.10. The van der Waals surface area contributed by atoms with Gasteiger partial charge in [-0.15, -0.1) is 13.2 Å². The van der Waals surface area contributed by atoms with E-state index in [0.717, 1.165) is 0 Å². The highest BCUT2D eigenvalue weighted by Gasteiger charge is 2.34. The molecule has 0 N–H and O–H groups in total. The first-order valence-corrected chi connectivity index (χ1v) is 4.50. The molecule has 0 aliphatic rings. The summed E-state index contributed by atoms with van der Waals surface area (Å²) in [5.74, 6) is 0. The Kier molecular flexibility index (Phi) is 2.02. The highest BCUT2D eigenvalue weighted by Crippen LogP contribution is 2.30. The Bertz CT molecular complexity index is 475. The van der Waals surface area contributed by atoms with Crippen molar-refractivity contribution in [2.75, 3.05) is 0 Å². The molecule has 1 heterocycles. The minimum absolute atomic E-state index is 0.0480. The maximum Gasteiger partial charge on any atom is 0.505 e. The second-order valence-corrected chi connectivity index (χ2v) is 3.44. The molecule has 0 saturated heterocycles. The van der Waals surface area contributed by atoms with Crippen LogP contribution in [0.15, 0.2) is 28.9 Å². The predicted octanol–water partition coefficient (Wildman–Crippen LogP) is 3.28. The number of alkyl halides is 3. The van der Waals surface area contributed by atoms with Crippen LogP contribution in [-0.2, 0) is 6.30 Å². The lowest BCUT2D eigenvalue weighted by molar-refractivity contribution is -0.209. The van der Waals surface area contributed by atoms with Crippen LogP contribution in [0, 0.1) is 0 Å². The standard InChI is InChI=1S/C8H4BrF3N2/c9-7-5-3-1-2-4-6(5)14(13-7)8(10,11)12/h1-4H. The van der Waals surface area contributed by atoms with Gasteiger partial charge in [0.15, 0.2) is 0 Å². The Hall–Kier alpha value is -1.04. The van der Waals surface area contributed by atoms with Gasteiger partial charge >= 0.3 is 6.30 Å². The lowest BCUT2D eigenvalue weighted by Crippen LogP contribution is -2.17. The van der Waals surface area contributed by atoms with E-state index >= 15 is 0 Å². The molecule has 6 heteroatoms. The van der Waals surface area contributed by atoms with Gasteiger partial charge in [0, 0.05) is 5.39 Å². The number of benzene rings is 1. The van der Waals surface area contributed by atoms with Crippen LogP contribution >= 0.6 is 15.9 Å². The zero-order chi connectivity index (χ0) is 10.3. The van der Waals surface area contributed by atoms with E-state index in [1.54, 1.807) is 18.2 Å². The van der Waals surface area contributed by atoms with Crippen LogP contribution in [0.1, 0.15) is 0 Å². The summed E-state index contributed by atoms with van der Waals surface area (Å²) in [5.41, 5.74) is 0.0480. The number of fused-ring (bicyclic) bond motifs is 1. The average Bonchev–Trinajstić information content (AvgIpc) is 2.44. The van der Waals surface area contributed by atoms with Crippen molar-refractivity contribution in [2.24, 2.45) is 0 Å². The third-order valence-electron chi connectivity index (χ3n) is 1.78. The lowest BCUT2D eigenvalue weighted by atomic mass is 10.3. The Labute approximate surface area is 85.4 Å². The fourth-order valence-electron chi connectivity index (χ4n) is 1.22. The molecule has 2 rings (SSSR count). The summed E-state index contributed by atoms with van der Waals surface area (Å²) in [6.45, 7) is 0. The summed E-state index contributed by atoms with van der Waals surface area (Å²) in [6, 6.07) is 6.16. The van der Waals surface area contributed by atoms with Gasteiger partial charge in [-0.3, -0.25) is 0 Å². The molecule has 0 saturated carbocycles. The fourth-order valence-corrected chi connectivity index (χ4v) is 1.72. The Balaban J connectivity index is 2.80. The summed E-state index contributed by atoms with van der Waals surface area (Å²) in [4.78, 5) is 0. The third-order valence-corrected chi connectivity index (χ3v) is 2.37. The molecule has 0 fully saturated rings. The minimum Gasteiger partial charge on any atom is -0.170 e. The molecule has 74 valence electrons. The van der Waals surface area contributed by atoms with Crippen molar-refractivity contribution in [2.45, 2.75) is 6.30 Å². The average molecular weight is 265 g/mol. The SMILES string of the molecule is FC(F)(F)n1nc(Br)c2ccccc21. The van der Waals surface area contributed by atoms with E-state index in [1.165, 1.54) is 6.07 Å². The second-order valence-electron chi connectivity index (χ2n) is 2.69. The maximum absolute atomic E-state index is 12.4. The first-order valence-electron chi connectivity index (χ1n) is 3.70. The molecule has 0 spiro atoms. The smallest absolute Gasteiger partial charge is 0.170 e. The zero-order valence-electron chi connectivity index (χ0n) is 6.72. The Morgan fingerprint density at radius 2 is 1.86 bits per heavy atom. The number of hydrogen-bond acceptors (Lipinski definition) is 1. The van der Waals surface area contributed by atoms with Gasteiger partial charge in [-0.05, 0) is 22.0 Å². The van der Waals surface area contributed by atoms with Crippen LogP contribution in [0.4, 0.5) is 13.2 Å². The molecule has 0 bridgehead atoms. The highest BCUT2D eigenvalue weighted by atomic mass is 79.9. The van der Waals surface area contributed by atoms with Crippen LogP contribution in [0.5, 0.6) is 0 Å². The summed E-state index contributed by atoms with van der Waals surface area (Å²) in [6.07, 6.45) is -4.48. The van der Waals surface area contributed by atoms with E-state index in [9.17, 15) is 13.2 Å². The number of aromatic nitrogens is 2. The minimum atomic E-state index is -4.48. The van der Waals surface area contributed by atoms with Crippen molar-refractivity contribution < 1.29 is 13.2 Å². The normalized spacial score (nSPS) is 12.3. The molecule has 0 unspecified atom stereocenters. The van der Waals surface area contributed by atoms with Gasteiger partial charge < -0.3 is 0 Å². The second kappa shape index (κ2) is 2.98. The molecular weight excluding hydrogens is 261 g/mol. The molecule has 1 aromatic carbocycles. The van der Waals surface area contributed by atoms with Crippen molar-refractivity contribution in [1.82, 2.24) is 9.78 Å². The molecule has 1 aromatic heterocycles. The van der Waals surface area contributed by atoms with Crippen molar-refractivity contribution in [3.63, 3.8) is 0 Å². The summed E-state index contributed by atoms with van der Waals surface area (Å²) < 4.78 is 37.5. The zero-order valence-corrected chi connectivity index (χ0v) is 8.30. The van der Waals surface area contributed by atoms with E-state index in [1.807, 2.05) is 0 Å². The van der Waals surface area contributed by atoms with Crippen molar-refractivity contribution in [3.05, 3.63) is 28.9 Å². The predicted molar refractivity (Wildman–Crippen MR) is 48.7 cm³/mol. The van der Waals surface area contributed by atoms with Crippen LogP contribution in [0.25, 0.3) is 10.9 Å². The van der Waals surface area contributed by atoms with Crippen LogP contribution < -0.4 is 0 Å². The van der Waals surface area contributed by atoms with Crippen molar-refractivity contribution in [1.29, 1.82) is 0 Å². The van der Waals surface area contributed by atoms with Crippen molar-refractivity contribution in [3.8, 4) is 0 Å². The van der Waals surface area contributed by atoms with Gasteiger partial charge in [0.25, 0.3) is 0 Å². The van der Waals surface area contributed by atoms with E-state index < -0.39 is 6.30 Å². The van der Waals surface area contributed by atoms with Gasteiger partial charge in [-0.25, -0.2) is 0 Å². The lowest BCUT2D eigenvalue weighted by Gasteiger charge is -2.06. The monoisotopic (exact) mass is 264 g/mol. The molecule has 0 aliphatic carbocycles. The van der Waals surface area contributed by atoms with E-state index in [2.05, 4.69) is 21.0 Å².